The van der Waals surface area contributed by atoms with Crippen molar-refractivity contribution < 1.29 is 0 Å². The van der Waals surface area contributed by atoms with Gasteiger partial charge in [-0.3, -0.25) is 0 Å². The molecule has 0 unspecified atom stereocenters. The van der Waals surface area contributed by atoms with E-state index < -0.39 is 0 Å². The molecule has 4 rings (SSSR count). The van der Waals surface area contributed by atoms with Crippen molar-refractivity contribution in [2.75, 3.05) is 11.9 Å². The Kier molecular flexibility index (Phi) is 3.99. The number of benzene rings is 2. The summed E-state index contributed by atoms with van der Waals surface area (Å²) in [7, 11) is 0. The van der Waals surface area contributed by atoms with Gasteiger partial charge in [0.05, 0.1) is 16.4 Å². The zero-order chi connectivity index (χ0) is 16.0. The smallest absolute Gasteiger partial charge is 0.133 e. The second-order valence-electron chi connectivity index (χ2n) is 5.37. The third-order valence-electron chi connectivity index (χ3n) is 3.91. The molecule has 23 heavy (non-hydrogen) atoms. The van der Waals surface area contributed by atoms with Crippen molar-refractivity contribution in [2.24, 2.45) is 0 Å². The fraction of sp³-hybridized carbons (Fsp3) is 0.118. The zero-order valence-corrected chi connectivity index (χ0v) is 15.7. The number of fused-ring (bicyclic) bond motifs is 1. The summed E-state index contributed by atoms with van der Waals surface area (Å²) in [6.07, 6.45) is 0.960. The fourth-order valence-corrected chi connectivity index (χ4v) is 3.69. The van der Waals surface area contributed by atoms with Crippen LogP contribution < -0.4 is 5.32 Å². The monoisotopic (exact) mass is 455 g/mol. The number of nitrogens with one attached hydrogen (secondary N) is 1. The van der Waals surface area contributed by atoms with E-state index in [9.17, 15) is 0 Å². The third kappa shape index (κ3) is 2.73. The number of hydrogen-bond acceptors (Lipinski definition) is 2. The molecule has 3 nitrogen and oxygen atoms in total. The van der Waals surface area contributed by atoms with Crippen molar-refractivity contribution in [1.82, 2.24) is 9.78 Å². The molecule has 0 fully saturated rings. The van der Waals surface area contributed by atoms with E-state index in [0.29, 0.717) is 10.0 Å². The zero-order valence-electron chi connectivity index (χ0n) is 12.0. The summed E-state index contributed by atoms with van der Waals surface area (Å²) in [5.74, 6) is 1.02. The van der Waals surface area contributed by atoms with E-state index in [-0.39, 0.29) is 0 Å². The summed E-state index contributed by atoms with van der Waals surface area (Å²) in [6.45, 7) is 0.912. The van der Waals surface area contributed by atoms with Crippen LogP contribution in [0.15, 0.2) is 42.5 Å². The number of halogens is 3. The summed E-state index contributed by atoms with van der Waals surface area (Å²) in [5, 5.41) is 9.44. The molecular formula is C17H12Cl2IN3. The summed E-state index contributed by atoms with van der Waals surface area (Å²) in [4.78, 5) is 0. The van der Waals surface area contributed by atoms with Crippen LogP contribution in [-0.4, -0.2) is 16.3 Å². The molecule has 3 aromatic rings. The molecule has 1 aromatic heterocycles. The topological polar surface area (TPSA) is 29.9 Å². The molecule has 0 aliphatic carbocycles. The average molecular weight is 456 g/mol. The molecule has 1 N–H and O–H groups in total. The lowest BCUT2D eigenvalue weighted by Gasteiger charge is -2.08. The minimum absolute atomic E-state index is 0.589. The highest BCUT2D eigenvalue weighted by Crippen LogP contribution is 2.36. The maximum absolute atomic E-state index is 6.37. The van der Waals surface area contributed by atoms with E-state index >= 15 is 0 Å². The maximum atomic E-state index is 6.37. The first kappa shape index (κ1) is 15.3. The van der Waals surface area contributed by atoms with E-state index in [1.165, 1.54) is 9.13 Å². The Labute approximate surface area is 157 Å². The summed E-state index contributed by atoms with van der Waals surface area (Å²) >= 11 is 14.7. The molecule has 6 heteroatoms. The highest BCUT2D eigenvalue weighted by atomic mass is 127. The minimum Gasteiger partial charge on any atom is -0.369 e. The first-order chi connectivity index (χ1) is 11.1. The Hall–Kier alpha value is -1.24. The van der Waals surface area contributed by atoms with Crippen molar-refractivity contribution in [3.05, 3.63) is 61.6 Å². The maximum Gasteiger partial charge on any atom is 0.133 e. The van der Waals surface area contributed by atoms with Crippen LogP contribution in [-0.2, 0) is 6.42 Å². The van der Waals surface area contributed by atoms with Crippen LogP contribution in [0, 0.1) is 3.57 Å². The molecule has 0 atom stereocenters. The van der Waals surface area contributed by atoms with Gasteiger partial charge in [-0.05, 0) is 59.3 Å². The summed E-state index contributed by atoms with van der Waals surface area (Å²) in [6, 6.07) is 13.9. The Morgan fingerprint density at radius 1 is 1.09 bits per heavy atom. The quantitative estimate of drug-likeness (QED) is 0.523. The van der Waals surface area contributed by atoms with Gasteiger partial charge in [-0.25, -0.2) is 4.68 Å². The summed E-state index contributed by atoms with van der Waals surface area (Å²) in [5.41, 5.74) is 4.19. The lowest BCUT2D eigenvalue weighted by atomic mass is 10.1. The fourth-order valence-electron chi connectivity index (χ4n) is 2.84. The van der Waals surface area contributed by atoms with Crippen molar-refractivity contribution in [1.29, 1.82) is 0 Å². The molecule has 0 saturated heterocycles. The molecule has 1 aliphatic heterocycles. The number of nitrogens with zero attached hydrogens (tertiary/aromatic N) is 2. The van der Waals surface area contributed by atoms with Crippen LogP contribution in [0.5, 0.6) is 0 Å². The van der Waals surface area contributed by atoms with Crippen LogP contribution >= 0.6 is 45.8 Å². The van der Waals surface area contributed by atoms with E-state index in [2.05, 4.69) is 52.2 Å². The van der Waals surface area contributed by atoms with Crippen molar-refractivity contribution in [3.63, 3.8) is 0 Å². The van der Waals surface area contributed by atoms with Gasteiger partial charge in [0.15, 0.2) is 0 Å². The lowest BCUT2D eigenvalue weighted by molar-refractivity contribution is 0.882. The van der Waals surface area contributed by atoms with Gasteiger partial charge in [-0.1, -0.05) is 35.3 Å². The molecule has 0 bridgehead atoms. The molecule has 116 valence electrons. The van der Waals surface area contributed by atoms with Gasteiger partial charge >= 0.3 is 0 Å². The van der Waals surface area contributed by atoms with Crippen LogP contribution in [0.25, 0.3) is 16.9 Å². The Balaban J connectivity index is 1.89. The lowest BCUT2D eigenvalue weighted by Crippen LogP contribution is -2.04. The largest absolute Gasteiger partial charge is 0.369 e. The van der Waals surface area contributed by atoms with Crippen LogP contribution in [0.2, 0.25) is 10.0 Å². The van der Waals surface area contributed by atoms with Gasteiger partial charge in [0.2, 0.25) is 0 Å². The third-order valence-corrected chi connectivity index (χ3v) is 5.16. The second-order valence-corrected chi connectivity index (χ2v) is 7.46. The van der Waals surface area contributed by atoms with Gasteiger partial charge in [0, 0.05) is 26.3 Å². The predicted octanol–water partition coefficient (Wildman–Crippen LogP) is 5.42. The molecule has 0 amide bonds. The van der Waals surface area contributed by atoms with Crippen LogP contribution in [0.4, 0.5) is 5.82 Å². The Morgan fingerprint density at radius 3 is 2.61 bits per heavy atom. The van der Waals surface area contributed by atoms with Gasteiger partial charge in [0.1, 0.15) is 5.82 Å². The average Bonchev–Trinajstić information content (AvgIpc) is 3.11. The van der Waals surface area contributed by atoms with Gasteiger partial charge in [0.25, 0.3) is 0 Å². The highest BCUT2D eigenvalue weighted by molar-refractivity contribution is 14.1. The molecule has 0 radical (unpaired) electrons. The molecule has 0 spiro atoms. The first-order valence-corrected chi connectivity index (χ1v) is 9.04. The van der Waals surface area contributed by atoms with Crippen molar-refractivity contribution in [2.45, 2.75) is 6.42 Å². The number of anilines is 1. The van der Waals surface area contributed by atoms with Gasteiger partial charge in [-0.15, -0.1) is 0 Å². The van der Waals surface area contributed by atoms with E-state index in [1.807, 2.05) is 16.8 Å². The Morgan fingerprint density at radius 2 is 1.87 bits per heavy atom. The van der Waals surface area contributed by atoms with E-state index in [1.54, 1.807) is 6.07 Å². The van der Waals surface area contributed by atoms with Crippen LogP contribution in [0.3, 0.4) is 0 Å². The number of hydrogen-bond donors (Lipinski definition) is 1. The number of aromatic nitrogens is 2. The molecule has 1 aliphatic rings. The van der Waals surface area contributed by atoms with E-state index in [4.69, 9.17) is 28.3 Å². The highest BCUT2D eigenvalue weighted by Gasteiger charge is 2.24. The second kappa shape index (κ2) is 6.00. The standard InChI is InChI=1S/C17H12Cl2IN3/c18-11-3-6-15(14(19)9-11)23-17-13(7-8-21-17)16(22-23)10-1-4-12(20)5-2-10/h1-6,9,21H,7-8H2. The SMILES string of the molecule is Clc1ccc(-n2nc(-c3ccc(I)cc3)c3c2NCC3)c(Cl)c1. The normalized spacial score (nSPS) is 13.0. The number of rotatable bonds is 2. The van der Waals surface area contributed by atoms with Crippen LogP contribution in [0.1, 0.15) is 5.56 Å². The van der Waals surface area contributed by atoms with Gasteiger partial charge in [-0.2, -0.15) is 5.10 Å². The molecule has 2 aromatic carbocycles. The minimum atomic E-state index is 0.589. The first-order valence-electron chi connectivity index (χ1n) is 7.20. The predicted molar refractivity (Wildman–Crippen MR) is 104 cm³/mol. The molecular weight excluding hydrogens is 444 g/mol. The summed E-state index contributed by atoms with van der Waals surface area (Å²) < 4.78 is 3.09. The molecule has 0 saturated carbocycles. The van der Waals surface area contributed by atoms with Crippen molar-refractivity contribution in [3.8, 4) is 16.9 Å². The van der Waals surface area contributed by atoms with Gasteiger partial charge < -0.3 is 5.32 Å². The van der Waals surface area contributed by atoms with E-state index in [0.717, 1.165) is 35.7 Å². The molecule has 2 heterocycles. The Bertz CT molecular complexity index is 888. The van der Waals surface area contributed by atoms with Crippen molar-refractivity contribution >= 4 is 51.6 Å².